The zero-order valence-electron chi connectivity index (χ0n) is 12.4. The van der Waals surface area contributed by atoms with Crippen LogP contribution in [0.5, 0.6) is 0 Å². The third-order valence-electron chi connectivity index (χ3n) is 4.20. The molecule has 1 saturated heterocycles. The van der Waals surface area contributed by atoms with Crippen molar-refractivity contribution in [3.8, 4) is 0 Å². The minimum absolute atomic E-state index is 0.00177. The number of hydrogen-bond donors (Lipinski definition) is 0. The molecule has 1 aromatic rings. The Balaban J connectivity index is 2.06. The molecular formula is C17H24Cl2O. The standard InChI is InChI=1S/C17H24Cl2O/c1-16(2)9-8-15(20-16)11-17(12-18,13-19)10-14-6-4-3-5-7-14/h3-7,15H,8-13H2,1-2H3. The van der Waals surface area contributed by atoms with Crippen molar-refractivity contribution in [3.63, 3.8) is 0 Å². The maximum Gasteiger partial charge on any atom is 0.0631 e. The van der Waals surface area contributed by atoms with E-state index in [1.807, 2.05) is 6.07 Å². The molecule has 0 spiro atoms. The van der Waals surface area contributed by atoms with E-state index in [-0.39, 0.29) is 17.1 Å². The Morgan fingerprint density at radius 2 is 1.85 bits per heavy atom. The van der Waals surface area contributed by atoms with Gasteiger partial charge in [-0.15, -0.1) is 23.2 Å². The molecule has 0 bridgehead atoms. The molecule has 1 fully saturated rings. The number of alkyl halides is 2. The van der Waals surface area contributed by atoms with Gasteiger partial charge in [0.1, 0.15) is 0 Å². The SMILES string of the molecule is CC1(C)CCC(CC(CCl)(CCl)Cc2ccccc2)O1. The summed E-state index contributed by atoms with van der Waals surface area (Å²) in [6.45, 7) is 4.32. The lowest BCUT2D eigenvalue weighted by Gasteiger charge is -2.33. The van der Waals surface area contributed by atoms with Crippen LogP contribution in [0.2, 0.25) is 0 Å². The summed E-state index contributed by atoms with van der Waals surface area (Å²) in [6, 6.07) is 10.5. The number of halogens is 2. The summed E-state index contributed by atoms with van der Waals surface area (Å²) in [5.74, 6) is 1.15. The molecule has 1 nitrogen and oxygen atoms in total. The predicted molar refractivity (Wildman–Crippen MR) is 86.8 cm³/mol. The first-order valence-corrected chi connectivity index (χ1v) is 8.39. The minimum Gasteiger partial charge on any atom is -0.372 e. The van der Waals surface area contributed by atoms with Crippen molar-refractivity contribution in [1.29, 1.82) is 0 Å². The van der Waals surface area contributed by atoms with Gasteiger partial charge in [-0.05, 0) is 45.1 Å². The quantitative estimate of drug-likeness (QED) is 0.668. The lowest BCUT2D eigenvalue weighted by Crippen LogP contribution is -2.33. The molecule has 0 amide bonds. The second kappa shape index (κ2) is 6.68. The van der Waals surface area contributed by atoms with Crippen LogP contribution >= 0.6 is 23.2 Å². The molecule has 0 saturated carbocycles. The average Bonchev–Trinajstić information content (AvgIpc) is 2.78. The van der Waals surface area contributed by atoms with Crippen LogP contribution in [-0.2, 0) is 11.2 Å². The van der Waals surface area contributed by atoms with Crippen LogP contribution in [0, 0.1) is 5.41 Å². The van der Waals surface area contributed by atoms with Crippen molar-refractivity contribution in [2.75, 3.05) is 11.8 Å². The maximum absolute atomic E-state index is 6.28. The summed E-state index contributed by atoms with van der Waals surface area (Å²) in [5, 5.41) is 0. The largest absolute Gasteiger partial charge is 0.372 e. The fourth-order valence-electron chi connectivity index (χ4n) is 3.04. The Morgan fingerprint density at radius 3 is 2.35 bits per heavy atom. The van der Waals surface area contributed by atoms with Gasteiger partial charge in [-0.1, -0.05) is 30.3 Å². The summed E-state index contributed by atoms with van der Waals surface area (Å²) in [5.41, 5.74) is 1.23. The summed E-state index contributed by atoms with van der Waals surface area (Å²) in [4.78, 5) is 0. The van der Waals surface area contributed by atoms with Gasteiger partial charge >= 0.3 is 0 Å². The maximum atomic E-state index is 6.28. The highest BCUT2D eigenvalue weighted by Gasteiger charge is 2.38. The van der Waals surface area contributed by atoms with Crippen LogP contribution in [0.1, 0.15) is 38.7 Å². The molecule has 0 aromatic heterocycles. The van der Waals surface area contributed by atoms with Gasteiger partial charge in [0.15, 0.2) is 0 Å². The third kappa shape index (κ3) is 4.13. The molecule has 3 heteroatoms. The highest BCUT2D eigenvalue weighted by Crippen LogP contribution is 2.39. The van der Waals surface area contributed by atoms with E-state index >= 15 is 0 Å². The summed E-state index contributed by atoms with van der Waals surface area (Å²) in [7, 11) is 0. The van der Waals surface area contributed by atoms with Crippen LogP contribution in [0.25, 0.3) is 0 Å². The third-order valence-corrected chi connectivity index (χ3v) is 5.34. The van der Waals surface area contributed by atoms with Crippen LogP contribution in [0.15, 0.2) is 30.3 Å². The van der Waals surface area contributed by atoms with Gasteiger partial charge in [-0.2, -0.15) is 0 Å². The van der Waals surface area contributed by atoms with Crippen molar-refractivity contribution in [2.24, 2.45) is 5.41 Å². The van der Waals surface area contributed by atoms with E-state index in [1.165, 1.54) is 5.56 Å². The Bertz CT molecular complexity index is 412. The fourth-order valence-corrected chi connectivity index (χ4v) is 3.74. The Kier molecular flexibility index (Phi) is 5.39. The number of rotatable bonds is 6. The van der Waals surface area contributed by atoms with Gasteiger partial charge < -0.3 is 4.74 Å². The first-order chi connectivity index (χ1) is 9.49. The van der Waals surface area contributed by atoms with E-state index < -0.39 is 0 Å². The van der Waals surface area contributed by atoms with E-state index in [4.69, 9.17) is 27.9 Å². The average molecular weight is 315 g/mol. The van der Waals surface area contributed by atoms with Gasteiger partial charge in [0, 0.05) is 17.2 Å². The molecule has 1 aliphatic heterocycles. The van der Waals surface area contributed by atoms with Crippen molar-refractivity contribution < 1.29 is 4.74 Å². The number of benzene rings is 1. The van der Waals surface area contributed by atoms with E-state index in [2.05, 4.69) is 38.1 Å². The van der Waals surface area contributed by atoms with Crippen LogP contribution in [0.4, 0.5) is 0 Å². The van der Waals surface area contributed by atoms with Gasteiger partial charge in [0.05, 0.1) is 11.7 Å². The second-order valence-corrected chi connectivity index (χ2v) is 7.21. The van der Waals surface area contributed by atoms with Crippen molar-refractivity contribution in [1.82, 2.24) is 0 Å². The van der Waals surface area contributed by atoms with Gasteiger partial charge in [-0.25, -0.2) is 0 Å². The highest BCUT2D eigenvalue weighted by atomic mass is 35.5. The molecule has 2 rings (SSSR count). The molecule has 0 aliphatic carbocycles. The van der Waals surface area contributed by atoms with Crippen molar-refractivity contribution in [3.05, 3.63) is 35.9 Å². The van der Waals surface area contributed by atoms with Crippen LogP contribution < -0.4 is 0 Å². The molecule has 1 unspecified atom stereocenters. The highest BCUT2D eigenvalue weighted by molar-refractivity contribution is 6.21. The fraction of sp³-hybridized carbons (Fsp3) is 0.647. The first-order valence-electron chi connectivity index (χ1n) is 7.32. The normalized spacial score (nSPS) is 22.1. The van der Waals surface area contributed by atoms with Crippen LogP contribution in [0.3, 0.4) is 0 Å². The molecule has 112 valence electrons. The molecule has 0 N–H and O–H groups in total. The van der Waals surface area contributed by atoms with Gasteiger partial charge in [0.2, 0.25) is 0 Å². The van der Waals surface area contributed by atoms with E-state index in [0.717, 1.165) is 25.7 Å². The number of hydrogen-bond acceptors (Lipinski definition) is 1. The Morgan fingerprint density at radius 1 is 1.20 bits per heavy atom. The number of ether oxygens (including phenoxy) is 1. The topological polar surface area (TPSA) is 9.23 Å². The summed E-state index contributed by atoms with van der Waals surface area (Å²) >= 11 is 12.6. The molecular weight excluding hydrogens is 291 g/mol. The van der Waals surface area contributed by atoms with Crippen molar-refractivity contribution >= 4 is 23.2 Å². The smallest absolute Gasteiger partial charge is 0.0631 e. The monoisotopic (exact) mass is 314 g/mol. The predicted octanol–water partition coefficient (Wildman–Crippen LogP) is 5.04. The molecule has 0 radical (unpaired) electrons. The molecule has 20 heavy (non-hydrogen) atoms. The van der Waals surface area contributed by atoms with Crippen molar-refractivity contribution in [2.45, 2.75) is 51.2 Å². The zero-order chi connectivity index (χ0) is 14.6. The minimum atomic E-state index is -0.0739. The Labute approximate surface area is 132 Å². The van der Waals surface area contributed by atoms with E-state index in [0.29, 0.717) is 11.8 Å². The zero-order valence-corrected chi connectivity index (χ0v) is 13.9. The molecule has 1 atom stereocenters. The van der Waals surface area contributed by atoms with Gasteiger partial charge in [0.25, 0.3) is 0 Å². The Hall–Kier alpha value is -0.240. The lowest BCUT2D eigenvalue weighted by molar-refractivity contribution is -0.0311. The molecule has 1 heterocycles. The van der Waals surface area contributed by atoms with Gasteiger partial charge in [-0.3, -0.25) is 0 Å². The first kappa shape index (κ1) is 16.1. The van der Waals surface area contributed by atoms with E-state index in [1.54, 1.807) is 0 Å². The molecule has 1 aliphatic rings. The summed E-state index contributed by atoms with van der Waals surface area (Å²) in [6.07, 6.45) is 4.37. The lowest BCUT2D eigenvalue weighted by atomic mass is 9.80. The summed E-state index contributed by atoms with van der Waals surface area (Å²) < 4.78 is 6.13. The molecule has 1 aromatic carbocycles. The van der Waals surface area contributed by atoms with Crippen LogP contribution in [-0.4, -0.2) is 23.5 Å². The van der Waals surface area contributed by atoms with E-state index in [9.17, 15) is 0 Å². The second-order valence-electron chi connectivity index (χ2n) is 6.67.